The molecule has 28 heavy (non-hydrogen) atoms. The summed E-state index contributed by atoms with van der Waals surface area (Å²) in [4.78, 5) is 0. The zero-order valence-corrected chi connectivity index (χ0v) is 18.7. The normalized spacial score (nSPS) is 12.6. The van der Waals surface area contributed by atoms with Gasteiger partial charge in [-0.15, -0.1) is 0 Å². The second-order valence-corrected chi connectivity index (χ2v) is 15.3. The Morgan fingerprint density at radius 2 is 0.857 bits per heavy atom. The molecule has 0 fully saturated rings. The van der Waals surface area contributed by atoms with Gasteiger partial charge in [-0.2, -0.15) is 0 Å². The van der Waals surface area contributed by atoms with Crippen LogP contribution >= 0.6 is 0 Å². The molecular formula is C24H24F2Si2. The first kappa shape index (κ1) is 19.0. The summed E-state index contributed by atoms with van der Waals surface area (Å²) in [7, 11) is -6.31. The molecule has 0 aliphatic heterocycles. The number of hydrogen-bond acceptors (Lipinski definition) is 0. The Morgan fingerprint density at radius 1 is 0.500 bits per heavy atom. The molecule has 0 atom stereocenters. The molecule has 0 bridgehead atoms. The second-order valence-electron chi connectivity index (χ2n) is 8.36. The summed E-state index contributed by atoms with van der Waals surface area (Å²) in [6, 6.07) is 23.9. The van der Waals surface area contributed by atoms with E-state index in [0.717, 1.165) is 43.0 Å². The number of fused-ring (bicyclic) bond motifs is 2. The van der Waals surface area contributed by atoms with E-state index in [1.165, 1.54) is 0 Å². The van der Waals surface area contributed by atoms with E-state index in [9.17, 15) is 0 Å². The maximum absolute atomic E-state index is 15.5. The van der Waals surface area contributed by atoms with Crippen molar-refractivity contribution in [3.63, 3.8) is 0 Å². The molecule has 0 unspecified atom stereocenters. The van der Waals surface area contributed by atoms with Crippen LogP contribution in [-0.2, 0) is 0 Å². The van der Waals surface area contributed by atoms with E-state index >= 15 is 8.22 Å². The van der Waals surface area contributed by atoms with E-state index in [0.29, 0.717) is 0 Å². The first-order chi connectivity index (χ1) is 13.2. The highest BCUT2D eigenvalue weighted by Crippen LogP contribution is 2.35. The molecule has 0 amide bonds. The van der Waals surface area contributed by atoms with Gasteiger partial charge in [-0.25, -0.2) is 0 Å². The number of rotatable bonds is 3. The minimum atomic E-state index is -3.15. The van der Waals surface area contributed by atoms with Gasteiger partial charge in [-0.05, 0) is 69.2 Å². The monoisotopic (exact) mass is 406 g/mol. The average molecular weight is 407 g/mol. The van der Waals surface area contributed by atoms with Crippen LogP contribution in [0.4, 0.5) is 8.22 Å². The summed E-state index contributed by atoms with van der Waals surface area (Å²) in [6.45, 7) is 6.85. The van der Waals surface area contributed by atoms with Crippen LogP contribution in [0.25, 0.3) is 32.7 Å². The van der Waals surface area contributed by atoms with E-state index in [1.54, 1.807) is 26.2 Å². The highest BCUT2D eigenvalue weighted by Gasteiger charge is 2.33. The van der Waals surface area contributed by atoms with E-state index in [4.69, 9.17) is 0 Å². The molecule has 0 heterocycles. The molecule has 0 N–H and O–H groups in total. The highest BCUT2D eigenvalue weighted by atomic mass is 28.4. The predicted molar refractivity (Wildman–Crippen MR) is 123 cm³/mol. The molecule has 0 spiro atoms. The molecule has 0 nitrogen and oxygen atoms in total. The lowest BCUT2D eigenvalue weighted by Crippen LogP contribution is -2.42. The second kappa shape index (κ2) is 6.64. The SMILES string of the molecule is C[Si](C)(F)c1ccc2ccccc2c1-c1c([Si](C)(C)F)ccc2ccccc12. The van der Waals surface area contributed by atoms with Crippen molar-refractivity contribution in [1.29, 1.82) is 0 Å². The van der Waals surface area contributed by atoms with Crippen molar-refractivity contribution in [2.24, 2.45) is 0 Å². The summed E-state index contributed by atoms with van der Waals surface area (Å²) in [5, 5.41) is 5.57. The fraction of sp³-hybridized carbons (Fsp3) is 0.167. The van der Waals surface area contributed by atoms with Crippen molar-refractivity contribution in [2.45, 2.75) is 26.2 Å². The van der Waals surface area contributed by atoms with E-state index in [-0.39, 0.29) is 0 Å². The van der Waals surface area contributed by atoms with Crippen LogP contribution in [0.15, 0.2) is 72.8 Å². The van der Waals surface area contributed by atoms with Gasteiger partial charge in [0.05, 0.1) is 0 Å². The molecule has 0 saturated carbocycles. The third kappa shape index (κ3) is 3.21. The van der Waals surface area contributed by atoms with Crippen LogP contribution in [0, 0.1) is 0 Å². The summed E-state index contributed by atoms with van der Waals surface area (Å²) in [5.74, 6) is 0. The first-order valence-electron chi connectivity index (χ1n) is 9.60. The lowest BCUT2D eigenvalue weighted by molar-refractivity contribution is 0.820. The molecule has 0 aliphatic carbocycles. The van der Waals surface area contributed by atoms with E-state index < -0.39 is 16.8 Å². The predicted octanol–water partition coefficient (Wildman–Crippen LogP) is 6.42. The van der Waals surface area contributed by atoms with E-state index in [1.807, 2.05) is 72.8 Å². The van der Waals surface area contributed by atoms with Gasteiger partial charge >= 0.3 is 0 Å². The van der Waals surface area contributed by atoms with Crippen molar-refractivity contribution < 1.29 is 8.22 Å². The molecule has 4 heteroatoms. The van der Waals surface area contributed by atoms with E-state index in [2.05, 4.69) is 0 Å². The Hall–Kier alpha value is -2.31. The van der Waals surface area contributed by atoms with Crippen molar-refractivity contribution in [2.75, 3.05) is 0 Å². The standard InChI is InChI=1S/C24H24F2Si2/c1-27(2,25)21-15-13-17-9-5-7-11-19(17)23(21)24-20-12-8-6-10-18(20)14-16-22(24)28(3,4)26/h5-16H,1-4H3. The Labute approximate surface area is 167 Å². The van der Waals surface area contributed by atoms with Gasteiger partial charge in [0.15, 0.2) is 0 Å². The minimum Gasteiger partial charge on any atom is -0.308 e. The summed E-state index contributed by atoms with van der Waals surface area (Å²) < 4.78 is 31.0. The number of halogens is 2. The van der Waals surface area contributed by atoms with Crippen molar-refractivity contribution in [3.05, 3.63) is 72.8 Å². The summed E-state index contributed by atoms with van der Waals surface area (Å²) in [6.07, 6.45) is 0. The molecule has 4 aromatic carbocycles. The Bertz CT molecular complexity index is 1090. The first-order valence-corrected chi connectivity index (χ1v) is 15.4. The fourth-order valence-corrected chi connectivity index (χ4v) is 6.74. The van der Waals surface area contributed by atoms with Crippen molar-refractivity contribution in [3.8, 4) is 11.1 Å². The maximum Gasteiger partial charge on any atom is 0.272 e. The largest absolute Gasteiger partial charge is 0.308 e. The molecular weight excluding hydrogens is 382 g/mol. The molecule has 0 saturated heterocycles. The van der Waals surface area contributed by atoms with Crippen LogP contribution in [0.3, 0.4) is 0 Å². The Balaban J connectivity index is 2.27. The molecule has 4 rings (SSSR count). The van der Waals surface area contributed by atoms with Gasteiger partial charge in [0.2, 0.25) is 0 Å². The van der Waals surface area contributed by atoms with Gasteiger partial charge < -0.3 is 8.22 Å². The molecule has 4 aromatic rings. The molecule has 0 aromatic heterocycles. The lowest BCUT2D eigenvalue weighted by atomic mass is 9.93. The Morgan fingerprint density at radius 3 is 1.21 bits per heavy atom. The molecule has 142 valence electrons. The topological polar surface area (TPSA) is 0 Å². The van der Waals surface area contributed by atoms with Crippen LogP contribution in [-0.4, -0.2) is 16.8 Å². The summed E-state index contributed by atoms with van der Waals surface area (Å²) in [5.41, 5.74) is 1.75. The van der Waals surface area contributed by atoms with Gasteiger partial charge in [0, 0.05) is 0 Å². The quantitative estimate of drug-likeness (QED) is 0.272. The smallest absolute Gasteiger partial charge is 0.272 e. The van der Waals surface area contributed by atoms with Gasteiger partial charge in [-0.3, -0.25) is 0 Å². The van der Waals surface area contributed by atoms with Crippen LogP contribution in [0.1, 0.15) is 0 Å². The molecule has 0 radical (unpaired) electrons. The third-order valence-corrected chi connectivity index (χ3v) is 8.78. The Kier molecular flexibility index (Phi) is 4.51. The van der Waals surface area contributed by atoms with Crippen LogP contribution in [0.5, 0.6) is 0 Å². The van der Waals surface area contributed by atoms with Gasteiger partial charge in [-0.1, -0.05) is 72.8 Å². The highest BCUT2D eigenvalue weighted by molar-refractivity contribution is 6.87. The number of benzene rings is 4. The van der Waals surface area contributed by atoms with Crippen LogP contribution < -0.4 is 10.4 Å². The van der Waals surface area contributed by atoms with Gasteiger partial charge in [0.25, 0.3) is 16.8 Å². The molecule has 0 aliphatic rings. The zero-order valence-electron chi connectivity index (χ0n) is 16.7. The van der Waals surface area contributed by atoms with Gasteiger partial charge in [0.1, 0.15) is 0 Å². The fourth-order valence-electron chi connectivity index (χ4n) is 4.07. The zero-order chi connectivity index (χ0) is 20.1. The van der Waals surface area contributed by atoms with Crippen LogP contribution in [0.2, 0.25) is 26.2 Å². The van der Waals surface area contributed by atoms with Crippen molar-refractivity contribution in [1.82, 2.24) is 0 Å². The average Bonchev–Trinajstić information content (AvgIpc) is 2.64. The maximum atomic E-state index is 15.5. The van der Waals surface area contributed by atoms with Crippen molar-refractivity contribution >= 4 is 48.7 Å². The lowest BCUT2D eigenvalue weighted by Gasteiger charge is -2.25. The third-order valence-electron chi connectivity index (χ3n) is 5.39. The summed E-state index contributed by atoms with van der Waals surface area (Å²) >= 11 is 0. The minimum absolute atomic E-state index is 0.738. The number of hydrogen-bond donors (Lipinski definition) is 0.